The zero-order chi connectivity index (χ0) is 13.3. The quantitative estimate of drug-likeness (QED) is 0.903. The number of aromatic amines is 1. The van der Waals surface area contributed by atoms with E-state index in [1.165, 1.54) is 32.1 Å². The number of H-pyrrole nitrogens is 1. The number of nitrogens with one attached hydrogen (secondary N) is 2. The lowest BCUT2D eigenvalue weighted by molar-refractivity contribution is 0.241. The standard InChI is InChI=1S/C15H20BrN3/c1-17-15(7-3-2-4-8-15)10-14-18-12-6-5-11(16)9-13(12)19-14/h5-6,9,17H,2-4,7-8,10H2,1H3,(H,18,19). The van der Waals surface area contributed by atoms with Gasteiger partial charge >= 0.3 is 0 Å². The molecule has 0 unspecified atom stereocenters. The maximum atomic E-state index is 4.72. The molecule has 1 aromatic heterocycles. The summed E-state index contributed by atoms with van der Waals surface area (Å²) in [5.74, 6) is 1.10. The van der Waals surface area contributed by atoms with Crippen LogP contribution >= 0.6 is 15.9 Å². The highest BCUT2D eigenvalue weighted by molar-refractivity contribution is 9.10. The van der Waals surface area contributed by atoms with Crippen molar-refractivity contribution in [3.05, 3.63) is 28.5 Å². The molecular weight excluding hydrogens is 302 g/mol. The van der Waals surface area contributed by atoms with Crippen LogP contribution < -0.4 is 5.32 Å². The molecule has 0 amide bonds. The van der Waals surface area contributed by atoms with E-state index in [1.807, 2.05) is 6.07 Å². The van der Waals surface area contributed by atoms with Crippen molar-refractivity contribution in [1.29, 1.82) is 0 Å². The molecule has 0 spiro atoms. The number of fused-ring (bicyclic) bond motifs is 1. The molecule has 3 nitrogen and oxygen atoms in total. The number of imidazole rings is 1. The highest BCUT2D eigenvalue weighted by Gasteiger charge is 2.31. The normalized spacial score (nSPS) is 18.8. The van der Waals surface area contributed by atoms with Crippen molar-refractivity contribution >= 4 is 27.0 Å². The molecule has 1 fully saturated rings. The van der Waals surface area contributed by atoms with Crippen molar-refractivity contribution in [1.82, 2.24) is 15.3 Å². The smallest absolute Gasteiger partial charge is 0.109 e. The summed E-state index contributed by atoms with van der Waals surface area (Å²) in [6.45, 7) is 0. The fraction of sp³-hybridized carbons (Fsp3) is 0.533. The van der Waals surface area contributed by atoms with Gasteiger partial charge in [-0.2, -0.15) is 0 Å². The Bertz CT molecular complexity index is 570. The summed E-state index contributed by atoms with van der Waals surface area (Å²) in [5.41, 5.74) is 2.41. The van der Waals surface area contributed by atoms with Crippen LogP contribution in [0.2, 0.25) is 0 Å². The fourth-order valence-corrected chi connectivity index (χ4v) is 3.54. The Labute approximate surface area is 122 Å². The molecule has 3 rings (SSSR count). The van der Waals surface area contributed by atoms with Crippen LogP contribution in [0.1, 0.15) is 37.9 Å². The Morgan fingerprint density at radius 3 is 2.84 bits per heavy atom. The Hall–Kier alpha value is -0.870. The average Bonchev–Trinajstić information content (AvgIpc) is 2.81. The van der Waals surface area contributed by atoms with Gasteiger partial charge in [0.15, 0.2) is 0 Å². The number of rotatable bonds is 3. The molecule has 1 aliphatic rings. The van der Waals surface area contributed by atoms with Crippen LogP contribution in [0.3, 0.4) is 0 Å². The molecule has 1 saturated carbocycles. The van der Waals surface area contributed by atoms with E-state index in [-0.39, 0.29) is 5.54 Å². The molecule has 2 N–H and O–H groups in total. The second-order valence-electron chi connectivity index (χ2n) is 5.61. The lowest BCUT2D eigenvalue weighted by atomic mass is 9.79. The molecule has 0 aliphatic heterocycles. The minimum Gasteiger partial charge on any atom is -0.342 e. The third kappa shape index (κ3) is 2.70. The summed E-state index contributed by atoms with van der Waals surface area (Å²) in [6, 6.07) is 6.20. The van der Waals surface area contributed by atoms with E-state index in [0.29, 0.717) is 0 Å². The zero-order valence-electron chi connectivity index (χ0n) is 11.3. The SMILES string of the molecule is CNC1(Cc2nc3ccc(Br)cc3[nH]2)CCCCC1. The average molecular weight is 322 g/mol. The first kappa shape index (κ1) is 13.1. The van der Waals surface area contributed by atoms with Crippen LogP contribution in [-0.4, -0.2) is 22.6 Å². The van der Waals surface area contributed by atoms with E-state index >= 15 is 0 Å². The van der Waals surface area contributed by atoms with Gasteiger partial charge < -0.3 is 10.3 Å². The van der Waals surface area contributed by atoms with E-state index in [4.69, 9.17) is 4.98 Å². The van der Waals surface area contributed by atoms with E-state index in [1.54, 1.807) is 0 Å². The molecule has 0 saturated heterocycles. The van der Waals surface area contributed by atoms with Gasteiger partial charge in [-0.15, -0.1) is 0 Å². The fourth-order valence-electron chi connectivity index (χ4n) is 3.18. The lowest BCUT2D eigenvalue weighted by Crippen LogP contribution is -2.46. The highest BCUT2D eigenvalue weighted by atomic mass is 79.9. The van der Waals surface area contributed by atoms with Crippen molar-refractivity contribution in [3.8, 4) is 0 Å². The number of hydrogen-bond donors (Lipinski definition) is 2. The van der Waals surface area contributed by atoms with E-state index in [0.717, 1.165) is 27.8 Å². The van der Waals surface area contributed by atoms with Crippen molar-refractivity contribution in [2.75, 3.05) is 7.05 Å². The Balaban J connectivity index is 1.87. The van der Waals surface area contributed by atoms with Gasteiger partial charge in [-0.05, 0) is 38.1 Å². The number of halogens is 1. The molecule has 1 heterocycles. The molecule has 0 radical (unpaired) electrons. The van der Waals surface area contributed by atoms with Crippen molar-refractivity contribution in [2.24, 2.45) is 0 Å². The molecule has 19 heavy (non-hydrogen) atoms. The van der Waals surface area contributed by atoms with Crippen LogP contribution in [0.25, 0.3) is 11.0 Å². The predicted octanol–water partition coefficient (Wildman–Crippen LogP) is 3.79. The van der Waals surface area contributed by atoms with Crippen LogP contribution in [0, 0.1) is 0 Å². The number of benzene rings is 1. The van der Waals surface area contributed by atoms with Crippen molar-refractivity contribution in [3.63, 3.8) is 0 Å². The van der Waals surface area contributed by atoms with Crippen LogP contribution in [0.4, 0.5) is 0 Å². The Kier molecular flexibility index (Phi) is 3.63. The van der Waals surface area contributed by atoms with Gasteiger partial charge in [0.05, 0.1) is 11.0 Å². The zero-order valence-corrected chi connectivity index (χ0v) is 12.9. The maximum absolute atomic E-state index is 4.72. The van der Waals surface area contributed by atoms with Gasteiger partial charge in [-0.25, -0.2) is 4.98 Å². The molecule has 0 bridgehead atoms. The van der Waals surface area contributed by atoms with Crippen LogP contribution in [-0.2, 0) is 6.42 Å². The predicted molar refractivity (Wildman–Crippen MR) is 82.4 cm³/mol. The van der Waals surface area contributed by atoms with Crippen molar-refractivity contribution < 1.29 is 0 Å². The van der Waals surface area contributed by atoms with Crippen molar-refractivity contribution in [2.45, 2.75) is 44.1 Å². The third-order valence-electron chi connectivity index (χ3n) is 4.34. The third-order valence-corrected chi connectivity index (χ3v) is 4.83. The summed E-state index contributed by atoms with van der Waals surface area (Å²) in [7, 11) is 2.09. The highest BCUT2D eigenvalue weighted by Crippen LogP contribution is 2.31. The topological polar surface area (TPSA) is 40.7 Å². The number of aromatic nitrogens is 2. The first-order chi connectivity index (χ1) is 9.21. The Morgan fingerprint density at radius 2 is 2.11 bits per heavy atom. The summed E-state index contributed by atoms with van der Waals surface area (Å²) < 4.78 is 1.09. The minimum atomic E-state index is 0.239. The number of nitrogens with zero attached hydrogens (tertiary/aromatic N) is 1. The van der Waals surface area contributed by atoms with E-state index in [2.05, 4.69) is 45.4 Å². The summed E-state index contributed by atoms with van der Waals surface area (Å²) in [6.07, 6.45) is 7.53. The second-order valence-corrected chi connectivity index (χ2v) is 6.53. The first-order valence-electron chi connectivity index (χ1n) is 7.04. The largest absolute Gasteiger partial charge is 0.342 e. The lowest BCUT2D eigenvalue weighted by Gasteiger charge is -2.36. The van der Waals surface area contributed by atoms with Gasteiger partial charge in [-0.3, -0.25) is 0 Å². The summed E-state index contributed by atoms with van der Waals surface area (Å²) >= 11 is 3.50. The molecule has 2 aromatic rings. The van der Waals surface area contributed by atoms with Gasteiger partial charge in [0.25, 0.3) is 0 Å². The molecule has 1 aliphatic carbocycles. The molecular formula is C15H20BrN3. The van der Waals surface area contributed by atoms with Gasteiger partial charge in [0, 0.05) is 16.4 Å². The monoisotopic (exact) mass is 321 g/mol. The number of hydrogen-bond acceptors (Lipinski definition) is 2. The first-order valence-corrected chi connectivity index (χ1v) is 7.83. The summed E-state index contributed by atoms with van der Waals surface area (Å²) in [5, 5.41) is 3.55. The molecule has 0 atom stereocenters. The van der Waals surface area contributed by atoms with Crippen LogP contribution in [0.5, 0.6) is 0 Å². The maximum Gasteiger partial charge on any atom is 0.109 e. The van der Waals surface area contributed by atoms with E-state index in [9.17, 15) is 0 Å². The number of likely N-dealkylation sites (N-methyl/N-ethyl adjacent to an activating group) is 1. The molecule has 1 aromatic carbocycles. The van der Waals surface area contributed by atoms with Gasteiger partial charge in [0.1, 0.15) is 5.82 Å². The Morgan fingerprint density at radius 1 is 1.32 bits per heavy atom. The minimum absolute atomic E-state index is 0.239. The summed E-state index contributed by atoms with van der Waals surface area (Å²) in [4.78, 5) is 8.19. The molecule has 102 valence electrons. The van der Waals surface area contributed by atoms with E-state index < -0.39 is 0 Å². The second kappa shape index (κ2) is 5.25. The van der Waals surface area contributed by atoms with Gasteiger partial charge in [0.2, 0.25) is 0 Å². The molecule has 4 heteroatoms. The van der Waals surface area contributed by atoms with Gasteiger partial charge in [-0.1, -0.05) is 35.2 Å². The van der Waals surface area contributed by atoms with Crippen LogP contribution in [0.15, 0.2) is 22.7 Å².